The molecule has 86 valence electrons. The molecular weight excluding hydrogens is 188 g/mol. The number of unbranched alkanes of at least 4 members (excludes halogenated alkanes) is 1. The Morgan fingerprint density at radius 3 is 2.87 bits per heavy atom. The maximum Gasteiger partial charge on any atom is 0.0683 e. The van der Waals surface area contributed by atoms with Crippen molar-refractivity contribution in [3.05, 3.63) is 0 Å². The molecule has 0 aromatic carbocycles. The molecule has 0 aromatic heterocycles. The molecule has 1 heterocycles. The maximum atomic E-state index is 8.84. The van der Waals surface area contributed by atoms with Gasteiger partial charge in [0.2, 0.25) is 0 Å². The zero-order valence-corrected chi connectivity index (χ0v) is 9.88. The van der Waals surface area contributed by atoms with Crippen molar-refractivity contribution in [1.29, 1.82) is 5.26 Å². The largest absolute Gasteiger partial charge is 0.380 e. The molecule has 1 aliphatic heterocycles. The lowest BCUT2D eigenvalue weighted by atomic mass is 9.89. The lowest BCUT2D eigenvalue weighted by molar-refractivity contribution is 0.190. The van der Waals surface area contributed by atoms with Gasteiger partial charge in [0.25, 0.3) is 0 Å². The van der Waals surface area contributed by atoms with Gasteiger partial charge < -0.3 is 10.1 Å². The quantitative estimate of drug-likeness (QED) is 0.683. The summed E-state index contributed by atoms with van der Waals surface area (Å²) in [6.45, 7) is 6.83. The standard InChI is InChI=1S/C12H22N2O/c1-12(2,10-13)6-3-4-7-14-11-5-8-15-9-11/h11,14H,3-9H2,1-2H3. The molecule has 1 unspecified atom stereocenters. The van der Waals surface area contributed by atoms with Crippen LogP contribution in [0.25, 0.3) is 0 Å². The summed E-state index contributed by atoms with van der Waals surface area (Å²) in [5.74, 6) is 0. The fourth-order valence-electron chi connectivity index (χ4n) is 1.75. The molecule has 0 radical (unpaired) electrons. The summed E-state index contributed by atoms with van der Waals surface area (Å²) in [6, 6.07) is 2.90. The number of rotatable bonds is 6. The topological polar surface area (TPSA) is 45.0 Å². The molecule has 1 saturated heterocycles. The molecule has 3 nitrogen and oxygen atoms in total. The number of ether oxygens (including phenoxy) is 1. The molecule has 1 fully saturated rings. The number of hydrogen-bond donors (Lipinski definition) is 1. The highest BCUT2D eigenvalue weighted by Crippen LogP contribution is 2.21. The molecule has 15 heavy (non-hydrogen) atoms. The van der Waals surface area contributed by atoms with Crippen LogP contribution in [0.15, 0.2) is 0 Å². The first kappa shape index (κ1) is 12.5. The van der Waals surface area contributed by atoms with E-state index in [1.165, 1.54) is 0 Å². The van der Waals surface area contributed by atoms with Crippen LogP contribution in [0.5, 0.6) is 0 Å². The Labute approximate surface area is 92.8 Å². The van der Waals surface area contributed by atoms with Crippen LogP contribution in [0.1, 0.15) is 39.5 Å². The molecule has 0 bridgehead atoms. The lowest BCUT2D eigenvalue weighted by Gasteiger charge is -2.15. The lowest BCUT2D eigenvalue weighted by Crippen LogP contribution is -2.30. The van der Waals surface area contributed by atoms with E-state index in [1.54, 1.807) is 0 Å². The average molecular weight is 210 g/mol. The average Bonchev–Trinajstić information content (AvgIpc) is 2.70. The van der Waals surface area contributed by atoms with Crippen LogP contribution in [-0.2, 0) is 4.74 Å². The Morgan fingerprint density at radius 1 is 1.47 bits per heavy atom. The van der Waals surface area contributed by atoms with Crippen molar-refractivity contribution in [1.82, 2.24) is 5.32 Å². The third kappa shape index (κ3) is 5.15. The minimum Gasteiger partial charge on any atom is -0.380 e. The summed E-state index contributed by atoms with van der Waals surface area (Å²) in [5, 5.41) is 12.3. The van der Waals surface area contributed by atoms with E-state index in [0.717, 1.165) is 45.4 Å². The monoisotopic (exact) mass is 210 g/mol. The molecule has 3 heteroatoms. The molecule has 0 saturated carbocycles. The van der Waals surface area contributed by atoms with Gasteiger partial charge in [0.05, 0.1) is 18.1 Å². The molecular formula is C12H22N2O. The highest BCUT2D eigenvalue weighted by molar-refractivity contribution is 4.91. The third-order valence-electron chi connectivity index (χ3n) is 2.89. The van der Waals surface area contributed by atoms with E-state index in [9.17, 15) is 0 Å². The molecule has 1 N–H and O–H groups in total. The van der Waals surface area contributed by atoms with E-state index in [-0.39, 0.29) is 5.41 Å². The van der Waals surface area contributed by atoms with Crippen molar-refractivity contribution < 1.29 is 4.74 Å². The highest BCUT2D eigenvalue weighted by atomic mass is 16.5. The van der Waals surface area contributed by atoms with Gasteiger partial charge in [0, 0.05) is 12.6 Å². The Kier molecular flexibility index (Phi) is 5.07. The predicted octanol–water partition coefficient (Wildman–Crippen LogP) is 2.08. The summed E-state index contributed by atoms with van der Waals surface area (Å²) >= 11 is 0. The van der Waals surface area contributed by atoms with E-state index in [4.69, 9.17) is 10.00 Å². The predicted molar refractivity (Wildman–Crippen MR) is 60.5 cm³/mol. The first-order valence-corrected chi connectivity index (χ1v) is 5.86. The SMILES string of the molecule is CC(C)(C#N)CCCCNC1CCOC1. The van der Waals surface area contributed by atoms with Crippen LogP contribution in [0.3, 0.4) is 0 Å². The van der Waals surface area contributed by atoms with Crippen LogP contribution < -0.4 is 5.32 Å². The van der Waals surface area contributed by atoms with Crippen LogP contribution in [0.4, 0.5) is 0 Å². The molecule has 1 aliphatic rings. The van der Waals surface area contributed by atoms with Crippen molar-refractivity contribution in [2.45, 2.75) is 45.6 Å². The summed E-state index contributed by atoms with van der Waals surface area (Å²) < 4.78 is 5.28. The zero-order valence-electron chi connectivity index (χ0n) is 9.88. The fourth-order valence-corrected chi connectivity index (χ4v) is 1.75. The Balaban J connectivity index is 1.95. The van der Waals surface area contributed by atoms with Gasteiger partial charge in [-0.25, -0.2) is 0 Å². The minimum absolute atomic E-state index is 0.156. The van der Waals surface area contributed by atoms with Gasteiger partial charge >= 0.3 is 0 Å². The molecule has 1 rings (SSSR count). The normalized spacial score (nSPS) is 21.5. The molecule has 0 aromatic rings. The Hall–Kier alpha value is -0.590. The second-order valence-corrected chi connectivity index (χ2v) is 4.97. The Morgan fingerprint density at radius 2 is 2.27 bits per heavy atom. The Bertz CT molecular complexity index is 214. The first-order valence-electron chi connectivity index (χ1n) is 5.86. The van der Waals surface area contributed by atoms with Crippen LogP contribution >= 0.6 is 0 Å². The van der Waals surface area contributed by atoms with E-state index in [2.05, 4.69) is 11.4 Å². The molecule has 0 spiro atoms. The van der Waals surface area contributed by atoms with Gasteiger partial charge in [-0.1, -0.05) is 6.42 Å². The van der Waals surface area contributed by atoms with Gasteiger partial charge in [-0.2, -0.15) is 5.26 Å². The van der Waals surface area contributed by atoms with Crippen LogP contribution in [0, 0.1) is 16.7 Å². The smallest absolute Gasteiger partial charge is 0.0683 e. The van der Waals surface area contributed by atoms with E-state index in [1.807, 2.05) is 13.8 Å². The minimum atomic E-state index is -0.156. The number of nitriles is 1. The van der Waals surface area contributed by atoms with Crippen LogP contribution in [0.2, 0.25) is 0 Å². The van der Waals surface area contributed by atoms with Gasteiger partial charge in [0.1, 0.15) is 0 Å². The van der Waals surface area contributed by atoms with E-state index < -0.39 is 0 Å². The van der Waals surface area contributed by atoms with Crippen molar-refractivity contribution in [2.75, 3.05) is 19.8 Å². The molecule has 0 aliphatic carbocycles. The van der Waals surface area contributed by atoms with Gasteiger partial charge in [0.15, 0.2) is 0 Å². The molecule has 0 amide bonds. The number of nitrogens with zero attached hydrogens (tertiary/aromatic N) is 1. The number of nitrogens with one attached hydrogen (secondary N) is 1. The summed E-state index contributed by atoms with van der Waals surface area (Å²) in [5.41, 5.74) is -0.156. The molecule has 1 atom stereocenters. The second-order valence-electron chi connectivity index (χ2n) is 4.97. The summed E-state index contributed by atoms with van der Waals surface area (Å²) in [4.78, 5) is 0. The van der Waals surface area contributed by atoms with E-state index in [0.29, 0.717) is 6.04 Å². The van der Waals surface area contributed by atoms with Gasteiger partial charge in [-0.3, -0.25) is 0 Å². The highest BCUT2D eigenvalue weighted by Gasteiger charge is 2.16. The second kappa shape index (κ2) is 6.09. The fraction of sp³-hybridized carbons (Fsp3) is 0.917. The third-order valence-corrected chi connectivity index (χ3v) is 2.89. The van der Waals surface area contributed by atoms with Gasteiger partial charge in [-0.15, -0.1) is 0 Å². The first-order chi connectivity index (χ1) is 7.14. The van der Waals surface area contributed by atoms with Crippen molar-refractivity contribution >= 4 is 0 Å². The van der Waals surface area contributed by atoms with Crippen LogP contribution in [-0.4, -0.2) is 25.8 Å². The summed E-state index contributed by atoms with van der Waals surface area (Å²) in [7, 11) is 0. The van der Waals surface area contributed by atoms with Gasteiger partial charge in [-0.05, 0) is 39.7 Å². The summed E-state index contributed by atoms with van der Waals surface area (Å²) in [6.07, 6.45) is 4.42. The van der Waals surface area contributed by atoms with E-state index >= 15 is 0 Å². The van der Waals surface area contributed by atoms with Crippen molar-refractivity contribution in [3.8, 4) is 6.07 Å². The van der Waals surface area contributed by atoms with Crippen molar-refractivity contribution in [2.24, 2.45) is 5.41 Å². The zero-order chi connectivity index (χ0) is 11.1. The van der Waals surface area contributed by atoms with Crippen molar-refractivity contribution in [3.63, 3.8) is 0 Å². The maximum absolute atomic E-state index is 8.84. The number of hydrogen-bond acceptors (Lipinski definition) is 3.